The Morgan fingerprint density at radius 1 is 1.08 bits per heavy atom. The fraction of sp³-hybridized carbons (Fsp3) is 0.278. The summed E-state index contributed by atoms with van der Waals surface area (Å²) in [6.07, 6.45) is 0.451. The summed E-state index contributed by atoms with van der Waals surface area (Å²) in [6, 6.07) is 15.7. The third-order valence-corrected chi connectivity index (χ3v) is 5.91. The highest BCUT2D eigenvalue weighted by Crippen LogP contribution is 2.28. The van der Waals surface area contributed by atoms with E-state index in [1.54, 1.807) is 60.5 Å². The summed E-state index contributed by atoms with van der Waals surface area (Å²) in [5, 5.41) is 0. The molecular formula is C18H19NO4S. The fourth-order valence-corrected chi connectivity index (χ4v) is 4.64. The molecule has 24 heavy (non-hydrogen) atoms. The van der Waals surface area contributed by atoms with Crippen LogP contribution < -0.4 is 9.64 Å². The summed E-state index contributed by atoms with van der Waals surface area (Å²) in [5.74, 6) is 0.608. The zero-order valence-electron chi connectivity index (χ0n) is 13.4. The number of rotatable bonds is 4. The minimum absolute atomic E-state index is 0.00238. The van der Waals surface area contributed by atoms with E-state index >= 15 is 0 Å². The van der Waals surface area contributed by atoms with Crippen molar-refractivity contribution in [3.05, 3.63) is 60.2 Å². The highest BCUT2D eigenvalue weighted by atomic mass is 32.2. The van der Waals surface area contributed by atoms with Gasteiger partial charge in [-0.15, -0.1) is 0 Å². The summed E-state index contributed by atoms with van der Waals surface area (Å²) in [4.78, 5) is 14.6. The lowest BCUT2D eigenvalue weighted by atomic mass is 10.1. The van der Waals surface area contributed by atoms with Crippen LogP contribution >= 0.6 is 0 Å². The molecule has 0 spiro atoms. The molecule has 1 atom stereocenters. The van der Waals surface area contributed by atoms with Gasteiger partial charge in [-0.2, -0.15) is 0 Å². The average molecular weight is 345 g/mol. The maximum absolute atomic E-state index is 13.0. The summed E-state index contributed by atoms with van der Waals surface area (Å²) in [7, 11) is -1.52. The molecule has 1 aliphatic heterocycles. The predicted molar refractivity (Wildman–Crippen MR) is 93.3 cm³/mol. The van der Waals surface area contributed by atoms with E-state index in [2.05, 4.69) is 0 Å². The Morgan fingerprint density at radius 3 is 2.29 bits per heavy atom. The lowest BCUT2D eigenvalue weighted by Gasteiger charge is -2.28. The molecule has 0 aromatic heterocycles. The van der Waals surface area contributed by atoms with Gasteiger partial charge in [-0.25, -0.2) is 8.42 Å². The summed E-state index contributed by atoms with van der Waals surface area (Å²) < 4.78 is 28.9. The van der Waals surface area contributed by atoms with Gasteiger partial charge < -0.3 is 9.64 Å². The molecule has 0 bridgehead atoms. The minimum atomic E-state index is -3.10. The van der Waals surface area contributed by atoms with Gasteiger partial charge in [0.15, 0.2) is 9.84 Å². The van der Waals surface area contributed by atoms with Gasteiger partial charge in [0.05, 0.1) is 24.7 Å². The van der Waals surface area contributed by atoms with Crippen LogP contribution in [0.4, 0.5) is 5.69 Å². The quantitative estimate of drug-likeness (QED) is 0.854. The molecule has 1 saturated heterocycles. The van der Waals surface area contributed by atoms with E-state index in [0.29, 0.717) is 23.4 Å². The number of ether oxygens (including phenoxy) is 1. The van der Waals surface area contributed by atoms with E-state index in [4.69, 9.17) is 4.74 Å². The molecule has 126 valence electrons. The Morgan fingerprint density at radius 2 is 1.75 bits per heavy atom. The second kappa shape index (κ2) is 6.65. The standard InChI is InChI=1S/C18H19NO4S/c1-23-17-9-7-15(8-10-17)19(16-11-12-24(21,22)13-16)18(20)14-5-3-2-4-6-14/h2-10,16H,11-13H2,1H3/t16-/m1/s1. The molecule has 0 N–H and O–H groups in total. The number of hydrogen-bond acceptors (Lipinski definition) is 4. The number of carbonyl (C=O) groups excluding carboxylic acids is 1. The third-order valence-electron chi connectivity index (χ3n) is 4.16. The van der Waals surface area contributed by atoms with Crippen molar-refractivity contribution in [2.75, 3.05) is 23.5 Å². The van der Waals surface area contributed by atoms with Crippen molar-refractivity contribution < 1.29 is 17.9 Å². The Labute approximate surface area is 141 Å². The van der Waals surface area contributed by atoms with Crippen molar-refractivity contribution in [2.45, 2.75) is 12.5 Å². The van der Waals surface area contributed by atoms with Gasteiger partial charge in [-0.1, -0.05) is 18.2 Å². The molecule has 1 heterocycles. The van der Waals surface area contributed by atoms with Crippen molar-refractivity contribution in [3.63, 3.8) is 0 Å². The molecule has 5 nitrogen and oxygen atoms in total. The lowest BCUT2D eigenvalue weighted by molar-refractivity contribution is 0.0979. The second-order valence-corrected chi connectivity index (χ2v) is 8.02. The first-order valence-corrected chi connectivity index (χ1v) is 9.55. The van der Waals surface area contributed by atoms with E-state index in [-0.39, 0.29) is 23.5 Å². The Hall–Kier alpha value is -2.34. The molecule has 1 aliphatic rings. The van der Waals surface area contributed by atoms with E-state index in [9.17, 15) is 13.2 Å². The zero-order chi connectivity index (χ0) is 17.2. The number of hydrogen-bond donors (Lipinski definition) is 0. The first kappa shape index (κ1) is 16.5. The number of nitrogens with zero attached hydrogens (tertiary/aromatic N) is 1. The van der Waals surface area contributed by atoms with Gasteiger partial charge in [0.1, 0.15) is 5.75 Å². The topological polar surface area (TPSA) is 63.7 Å². The fourth-order valence-electron chi connectivity index (χ4n) is 2.94. The van der Waals surface area contributed by atoms with Crippen LogP contribution in [-0.2, 0) is 9.84 Å². The first-order valence-electron chi connectivity index (χ1n) is 7.73. The largest absolute Gasteiger partial charge is 0.497 e. The summed E-state index contributed by atoms with van der Waals surface area (Å²) in [6.45, 7) is 0. The number of methoxy groups -OCH3 is 1. The van der Waals surface area contributed by atoms with E-state index in [1.807, 2.05) is 6.07 Å². The maximum Gasteiger partial charge on any atom is 0.258 e. The Bertz CT molecular complexity index is 816. The van der Waals surface area contributed by atoms with Gasteiger partial charge in [0, 0.05) is 11.3 Å². The van der Waals surface area contributed by atoms with Crippen LogP contribution in [0.2, 0.25) is 0 Å². The van der Waals surface area contributed by atoms with E-state index < -0.39 is 9.84 Å². The smallest absolute Gasteiger partial charge is 0.258 e. The van der Waals surface area contributed by atoms with Gasteiger partial charge in [-0.05, 0) is 42.8 Å². The number of sulfone groups is 1. The molecule has 0 saturated carbocycles. The van der Waals surface area contributed by atoms with E-state index in [0.717, 1.165) is 0 Å². The highest BCUT2D eigenvalue weighted by Gasteiger charge is 2.35. The van der Waals surface area contributed by atoms with Crippen molar-refractivity contribution in [1.29, 1.82) is 0 Å². The van der Waals surface area contributed by atoms with Gasteiger partial charge in [0.2, 0.25) is 0 Å². The van der Waals surface area contributed by atoms with Gasteiger partial charge >= 0.3 is 0 Å². The van der Waals surface area contributed by atoms with Crippen LogP contribution in [0.25, 0.3) is 0 Å². The zero-order valence-corrected chi connectivity index (χ0v) is 14.2. The van der Waals surface area contributed by atoms with Crippen molar-refractivity contribution >= 4 is 21.4 Å². The molecule has 1 fully saturated rings. The molecule has 2 aromatic rings. The molecular weight excluding hydrogens is 326 g/mol. The first-order chi connectivity index (χ1) is 11.5. The van der Waals surface area contributed by atoms with Crippen molar-refractivity contribution in [3.8, 4) is 5.75 Å². The molecule has 0 unspecified atom stereocenters. The summed E-state index contributed by atoms with van der Waals surface area (Å²) >= 11 is 0. The second-order valence-electron chi connectivity index (χ2n) is 5.80. The van der Waals surface area contributed by atoms with Crippen LogP contribution in [0.3, 0.4) is 0 Å². The highest BCUT2D eigenvalue weighted by molar-refractivity contribution is 7.91. The predicted octanol–water partition coefficient (Wildman–Crippen LogP) is 2.53. The van der Waals surface area contributed by atoms with Crippen molar-refractivity contribution in [2.24, 2.45) is 0 Å². The van der Waals surface area contributed by atoms with E-state index in [1.165, 1.54) is 0 Å². The molecule has 0 radical (unpaired) electrons. The normalized spacial score (nSPS) is 19.0. The van der Waals surface area contributed by atoms with Gasteiger partial charge in [-0.3, -0.25) is 4.79 Å². The van der Waals surface area contributed by atoms with Crippen molar-refractivity contribution in [1.82, 2.24) is 0 Å². The Balaban J connectivity index is 1.98. The SMILES string of the molecule is COc1ccc(N(C(=O)c2ccccc2)[C@@H]2CCS(=O)(=O)C2)cc1. The molecule has 2 aromatic carbocycles. The Kier molecular flexibility index (Phi) is 4.57. The number of benzene rings is 2. The molecule has 6 heteroatoms. The molecule has 0 aliphatic carbocycles. The molecule has 3 rings (SSSR count). The maximum atomic E-state index is 13.0. The number of amides is 1. The number of anilines is 1. The van der Waals surface area contributed by atoms with Crippen LogP contribution in [0.1, 0.15) is 16.8 Å². The van der Waals surface area contributed by atoms with Crippen LogP contribution in [0.15, 0.2) is 54.6 Å². The van der Waals surface area contributed by atoms with Crippen LogP contribution in [0.5, 0.6) is 5.75 Å². The van der Waals surface area contributed by atoms with Crippen LogP contribution in [0, 0.1) is 0 Å². The van der Waals surface area contributed by atoms with Crippen LogP contribution in [-0.4, -0.2) is 39.0 Å². The average Bonchev–Trinajstić information content (AvgIpc) is 2.96. The minimum Gasteiger partial charge on any atom is -0.497 e. The monoisotopic (exact) mass is 345 g/mol. The summed E-state index contributed by atoms with van der Waals surface area (Å²) in [5.41, 5.74) is 1.21. The number of carbonyl (C=O) groups is 1. The lowest BCUT2D eigenvalue weighted by Crippen LogP contribution is -2.41. The molecule has 1 amide bonds. The van der Waals surface area contributed by atoms with Gasteiger partial charge in [0.25, 0.3) is 5.91 Å². The third kappa shape index (κ3) is 3.43.